The molecule has 0 aliphatic rings. The molecule has 2 aromatic rings. The SMILES string of the molecule is CCS(=O)(=O)c1ccc(NC(=O)COc2ccc(F)cc2Br)cc1. The van der Waals surface area contributed by atoms with Gasteiger partial charge in [0, 0.05) is 5.69 Å². The van der Waals surface area contributed by atoms with Gasteiger partial charge in [0.25, 0.3) is 5.91 Å². The number of anilines is 1. The molecule has 2 rings (SSSR count). The summed E-state index contributed by atoms with van der Waals surface area (Å²) in [6.07, 6.45) is 0. The fourth-order valence-corrected chi connectivity index (χ4v) is 3.19. The number of hydrogen-bond acceptors (Lipinski definition) is 4. The van der Waals surface area contributed by atoms with E-state index in [0.29, 0.717) is 15.9 Å². The lowest BCUT2D eigenvalue weighted by Gasteiger charge is -2.09. The van der Waals surface area contributed by atoms with Crippen LogP contribution in [0.4, 0.5) is 10.1 Å². The Balaban J connectivity index is 1.95. The maximum absolute atomic E-state index is 13.0. The van der Waals surface area contributed by atoms with Crippen molar-refractivity contribution < 1.29 is 22.3 Å². The van der Waals surface area contributed by atoms with Gasteiger partial charge in [0.15, 0.2) is 16.4 Å². The van der Waals surface area contributed by atoms with E-state index in [1.54, 1.807) is 6.92 Å². The highest BCUT2D eigenvalue weighted by molar-refractivity contribution is 9.10. The summed E-state index contributed by atoms with van der Waals surface area (Å²) in [5.41, 5.74) is 0.455. The van der Waals surface area contributed by atoms with Crippen LogP contribution < -0.4 is 10.1 Å². The van der Waals surface area contributed by atoms with Crippen molar-refractivity contribution in [2.75, 3.05) is 17.7 Å². The first-order chi connectivity index (χ1) is 11.3. The van der Waals surface area contributed by atoms with Gasteiger partial charge >= 0.3 is 0 Å². The van der Waals surface area contributed by atoms with Crippen LogP contribution in [0.2, 0.25) is 0 Å². The van der Waals surface area contributed by atoms with Crippen molar-refractivity contribution in [3.63, 3.8) is 0 Å². The van der Waals surface area contributed by atoms with E-state index in [9.17, 15) is 17.6 Å². The molecule has 0 heterocycles. The monoisotopic (exact) mass is 415 g/mol. The molecule has 0 radical (unpaired) electrons. The summed E-state index contributed by atoms with van der Waals surface area (Å²) in [5, 5.41) is 2.59. The molecule has 0 saturated carbocycles. The van der Waals surface area contributed by atoms with E-state index in [-0.39, 0.29) is 17.3 Å². The largest absolute Gasteiger partial charge is 0.483 e. The minimum Gasteiger partial charge on any atom is -0.483 e. The van der Waals surface area contributed by atoms with E-state index in [1.165, 1.54) is 42.5 Å². The standard InChI is InChI=1S/C16H15BrFNO4S/c1-2-24(21,22)13-6-4-12(5-7-13)19-16(20)10-23-15-8-3-11(18)9-14(15)17/h3-9H,2,10H2,1H3,(H,19,20). The number of rotatable bonds is 6. The molecule has 2 aromatic carbocycles. The number of benzene rings is 2. The second-order valence-electron chi connectivity index (χ2n) is 4.84. The van der Waals surface area contributed by atoms with Gasteiger partial charge in [-0.05, 0) is 58.4 Å². The molecule has 1 amide bonds. The maximum Gasteiger partial charge on any atom is 0.262 e. The van der Waals surface area contributed by atoms with Gasteiger partial charge in [0.2, 0.25) is 0 Å². The molecule has 0 aliphatic heterocycles. The zero-order valence-corrected chi connectivity index (χ0v) is 15.2. The summed E-state index contributed by atoms with van der Waals surface area (Å²) >= 11 is 3.14. The average Bonchev–Trinajstić information content (AvgIpc) is 2.54. The highest BCUT2D eigenvalue weighted by atomic mass is 79.9. The maximum atomic E-state index is 13.0. The Hall–Kier alpha value is -1.93. The molecule has 8 heteroatoms. The first kappa shape index (κ1) is 18.4. The van der Waals surface area contributed by atoms with Crippen LogP contribution in [0.3, 0.4) is 0 Å². The molecule has 0 fully saturated rings. The number of sulfone groups is 1. The Kier molecular flexibility index (Phi) is 5.95. The van der Waals surface area contributed by atoms with Gasteiger partial charge in [0.1, 0.15) is 11.6 Å². The second-order valence-corrected chi connectivity index (χ2v) is 7.97. The number of halogens is 2. The van der Waals surface area contributed by atoms with E-state index in [1.807, 2.05) is 0 Å². The third-order valence-corrected chi connectivity index (χ3v) is 5.50. The van der Waals surface area contributed by atoms with Gasteiger partial charge in [-0.3, -0.25) is 4.79 Å². The van der Waals surface area contributed by atoms with E-state index in [0.717, 1.165) is 0 Å². The van der Waals surface area contributed by atoms with Gasteiger partial charge < -0.3 is 10.1 Å². The van der Waals surface area contributed by atoms with Crippen molar-refractivity contribution in [3.05, 3.63) is 52.8 Å². The number of carbonyl (C=O) groups excluding carboxylic acids is 1. The van der Waals surface area contributed by atoms with Crippen LogP contribution in [0.5, 0.6) is 5.75 Å². The van der Waals surface area contributed by atoms with Gasteiger partial charge in [-0.15, -0.1) is 0 Å². The number of amides is 1. The van der Waals surface area contributed by atoms with Gasteiger partial charge in [-0.25, -0.2) is 12.8 Å². The van der Waals surface area contributed by atoms with E-state index in [2.05, 4.69) is 21.2 Å². The summed E-state index contributed by atoms with van der Waals surface area (Å²) in [6, 6.07) is 9.77. The van der Waals surface area contributed by atoms with Gasteiger partial charge in [-0.1, -0.05) is 6.92 Å². The minimum absolute atomic E-state index is 0.0130. The molecule has 24 heavy (non-hydrogen) atoms. The fraction of sp³-hybridized carbons (Fsp3) is 0.188. The molecule has 128 valence electrons. The Morgan fingerprint density at radius 3 is 2.46 bits per heavy atom. The Labute approximate surface area is 147 Å². The molecule has 0 bridgehead atoms. The van der Waals surface area contributed by atoms with E-state index in [4.69, 9.17) is 4.74 Å². The topological polar surface area (TPSA) is 72.5 Å². The normalized spacial score (nSPS) is 11.1. The Morgan fingerprint density at radius 2 is 1.88 bits per heavy atom. The van der Waals surface area contributed by atoms with E-state index < -0.39 is 21.6 Å². The molecule has 0 aliphatic carbocycles. The predicted octanol–water partition coefficient (Wildman–Crippen LogP) is 3.40. The summed E-state index contributed by atoms with van der Waals surface area (Å²) in [6.45, 7) is 1.30. The molecule has 0 aromatic heterocycles. The zero-order valence-electron chi connectivity index (χ0n) is 12.8. The molecule has 0 unspecified atom stereocenters. The van der Waals surface area contributed by atoms with E-state index >= 15 is 0 Å². The fourth-order valence-electron chi connectivity index (χ4n) is 1.84. The van der Waals surface area contributed by atoms with Gasteiger partial charge in [0.05, 0.1) is 15.1 Å². The van der Waals surface area contributed by atoms with Crippen LogP contribution in [0, 0.1) is 5.82 Å². The molecular formula is C16H15BrFNO4S. The molecular weight excluding hydrogens is 401 g/mol. The first-order valence-corrected chi connectivity index (χ1v) is 9.47. The zero-order chi connectivity index (χ0) is 17.7. The van der Waals surface area contributed by atoms with Crippen LogP contribution in [-0.2, 0) is 14.6 Å². The van der Waals surface area contributed by atoms with Crippen LogP contribution >= 0.6 is 15.9 Å². The summed E-state index contributed by atoms with van der Waals surface area (Å²) in [7, 11) is -3.27. The molecule has 0 atom stereocenters. The lowest BCUT2D eigenvalue weighted by molar-refractivity contribution is -0.118. The van der Waals surface area contributed by atoms with Gasteiger partial charge in [-0.2, -0.15) is 0 Å². The Morgan fingerprint density at radius 1 is 1.21 bits per heavy atom. The number of nitrogens with one attached hydrogen (secondary N) is 1. The van der Waals surface area contributed by atoms with Crippen LogP contribution in [0.15, 0.2) is 51.8 Å². The number of hydrogen-bond donors (Lipinski definition) is 1. The minimum atomic E-state index is -3.27. The lowest BCUT2D eigenvalue weighted by Crippen LogP contribution is -2.20. The van der Waals surface area contributed by atoms with Crippen molar-refractivity contribution in [3.8, 4) is 5.75 Å². The first-order valence-electron chi connectivity index (χ1n) is 7.02. The summed E-state index contributed by atoms with van der Waals surface area (Å²) < 4.78 is 42.1. The second kappa shape index (κ2) is 7.76. The third-order valence-electron chi connectivity index (χ3n) is 3.13. The van der Waals surface area contributed by atoms with Crippen molar-refractivity contribution in [1.29, 1.82) is 0 Å². The van der Waals surface area contributed by atoms with Crippen molar-refractivity contribution >= 4 is 37.4 Å². The highest BCUT2D eigenvalue weighted by Crippen LogP contribution is 2.25. The van der Waals surface area contributed by atoms with Crippen molar-refractivity contribution in [2.24, 2.45) is 0 Å². The Bertz CT molecular complexity index is 838. The highest BCUT2D eigenvalue weighted by Gasteiger charge is 2.12. The third kappa shape index (κ3) is 4.78. The predicted molar refractivity (Wildman–Crippen MR) is 92.4 cm³/mol. The smallest absolute Gasteiger partial charge is 0.262 e. The molecule has 5 nitrogen and oxygen atoms in total. The molecule has 0 saturated heterocycles. The van der Waals surface area contributed by atoms with Crippen LogP contribution in [-0.4, -0.2) is 26.7 Å². The van der Waals surface area contributed by atoms with Crippen molar-refractivity contribution in [1.82, 2.24) is 0 Å². The quantitative estimate of drug-likeness (QED) is 0.784. The van der Waals surface area contributed by atoms with Crippen molar-refractivity contribution in [2.45, 2.75) is 11.8 Å². The summed E-state index contributed by atoms with van der Waals surface area (Å²) in [5.74, 6) is -0.479. The van der Waals surface area contributed by atoms with Crippen LogP contribution in [0.25, 0.3) is 0 Å². The average molecular weight is 416 g/mol. The molecule has 0 spiro atoms. The number of carbonyl (C=O) groups is 1. The summed E-state index contributed by atoms with van der Waals surface area (Å²) in [4.78, 5) is 12.1. The number of ether oxygens (including phenoxy) is 1. The lowest BCUT2D eigenvalue weighted by atomic mass is 10.3. The molecule has 1 N–H and O–H groups in total. The van der Waals surface area contributed by atoms with Crippen LogP contribution in [0.1, 0.15) is 6.92 Å².